The van der Waals surface area contributed by atoms with Gasteiger partial charge in [-0.2, -0.15) is 0 Å². The Morgan fingerprint density at radius 2 is 1.25 bits per heavy atom. The highest BCUT2D eigenvalue weighted by atomic mass is 32.2. The molecule has 0 aromatic heterocycles. The van der Waals surface area contributed by atoms with E-state index in [1.165, 1.54) is 11.1 Å². The number of hydrogen-bond donors (Lipinski definition) is 0. The predicted molar refractivity (Wildman–Crippen MR) is 64.0 cm³/mol. The van der Waals surface area contributed by atoms with E-state index in [1.54, 1.807) is 0 Å². The van der Waals surface area contributed by atoms with Gasteiger partial charge in [0.2, 0.25) is 0 Å². The molecule has 3 rings (SSSR count). The molecule has 1 aliphatic heterocycles. The van der Waals surface area contributed by atoms with Gasteiger partial charge in [-0.3, -0.25) is 0 Å². The summed E-state index contributed by atoms with van der Waals surface area (Å²) >= 11 is 0. The van der Waals surface area contributed by atoms with Crippen LogP contribution in [0.2, 0.25) is 0 Å². The first kappa shape index (κ1) is 11.0. The Hall–Kier alpha value is -1.45. The summed E-state index contributed by atoms with van der Waals surface area (Å²) in [5.41, 5.74) is 2.38. The summed E-state index contributed by atoms with van der Waals surface area (Å²) in [6.07, 6.45) is 0.901. The fourth-order valence-electron chi connectivity index (χ4n) is 1.99. The van der Waals surface area contributed by atoms with Crippen LogP contribution in [0.15, 0.2) is 58.3 Å². The normalized spacial score (nSPS) is 13.5. The Balaban J connectivity index is 0.000000963. The quantitative estimate of drug-likeness (QED) is 0.584. The summed E-state index contributed by atoms with van der Waals surface area (Å²) in [6.45, 7) is 0. The predicted octanol–water partition coefficient (Wildman–Crippen LogP) is 1.93. The minimum absolute atomic E-state index is 0. The van der Waals surface area contributed by atoms with Gasteiger partial charge >= 0.3 is 0 Å². The zero-order valence-electron chi connectivity index (χ0n) is 8.64. The van der Waals surface area contributed by atoms with E-state index in [1.807, 2.05) is 36.4 Å². The molecule has 0 fully saturated rings. The van der Waals surface area contributed by atoms with Gasteiger partial charge in [0.1, 0.15) is 0 Å². The summed E-state index contributed by atoms with van der Waals surface area (Å²) in [6, 6.07) is 15.9. The third-order valence-corrected chi connectivity index (χ3v) is 4.32. The molecule has 2 aromatic rings. The van der Waals surface area contributed by atoms with Crippen molar-refractivity contribution < 1.29 is 9.69 Å². The topological polar surface area (TPSA) is 48.6 Å². The van der Waals surface area contributed by atoms with E-state index in [2.05, 4.69) is 12.1 Å². The molecule has 0 aliphatic carbocycles. The van der Waals surface area contributed by atoms with Crippen molar-refractivity contribution >= 4 is 10.8 Å². The zero-order valence-corrected chi connectivity index (χ0v) is 9.46. The maximum atomic E-state index is 12.2. The molecule has 1 heterocycles. The molecule has 2 nitrogen and oxygen atoms in total. The van der Waals surface area contributed by atoms with Crippen LogP contribution in [0.4, 0.5) is 0 Å². The van der Waals surface area contributed by atoms with Gasteiger partial charge in [0.05, 0.1) is 10.8 Å². The molecular formula is C13H12O2S. The molecule has 0 amide bonds. The Bertz CT molecular complexity index is 502. The molecule has 2 N–H and O–H groups in total. The minimum Gasteiger partial charge on any atom is -0.412 e. The van der Waals surface area contributed by atoms with Crippen LogP contribution in [0.25, 0.3) is 0 Å². The molecule has 0 unspecified atom stereocenters. The fraction of sp³-hybridized carbons (Fsp3) is 0.0769. The van der Waals surface area contributed by atoms with Crippen LogP contribution >= 0.6 is 0 Å². The molecule has 82 valence electrons. The molecular weight excluding hydrogens is 220 g/mol. The smallest absolute Gasteiger partial charge is 0.0855 e. The van der Waals surface area contributed by atoms with Crippen molar-refractivity contribution in [3.63, 3.8) is 0 Å². The third-order valence-electron chi connectivity index (χ3n) is 2.73. The second kappa shape index (κ2) is 4.20. The van der Waals surface area contributed by atoms with E-state index >= 15 is 0 Å². The molecule has 3 heteroatoms. The van der Waals surface area contributed by atoms with Gasteiger partial charge in [0, 0.05) is 9.79 Å². The van der Waals surface area contributed by atoms with Crippen LogP contribution in [0.5, 0.6) is 0 Å². The summed E-state index contributed by atoms with van der Waals surface area (Å²) in [5, 5.41) is 0. The summed E-state index contributed by atoms with van der Waals surface area (Å²) in [7, 11) is -0.990. The number of hydrogen-bond acceptors (Lipinski definition) is 1. The van der Waals surface area contributed by atoms with Crippen LogP contribution in [0.1, 0.15) is 11.1 Å². The van der Waals surface area contributed by atoms with Crippen molar-refractivity contribution in [3.05, 3.63) is 59.7 Å². The molecule has 0 saturated carbocycles. The lowest BCUT2D eigenvalue weighted by Gasteiger charge is -2.18. The number of benzene rings is 2. The first-order valence-electron chi connectivity index (χ1n) is 4.94. The maximum absolute atomic E-state index is 12.2. The van der Waals surface area contributed by atoms with Gasteiger partial charge in [-0.1, -0.05) is 36.4 Å². The second-order valence-corrected chi connectivity index (χ2v) is 5.08. The Morgan fingerprint density at radius 1 is 0.812 bits per heavy atom. The van der Waals surface area contributed by atoms with Gasteiger partial charge in [-0.25, -0.2) is 4.21 Å². The highest BCUT2D eigenvalue weighted by Crippen LogP contribution is 2.30. The molecule has 0 atom stereocenters. The highest BCUT2D eigenvalue weighted by molar-refractivity contribution is 7.85. The Labute approximate surface area is 96.7 Å². The number of fused-ring (bicyclic) bond motifs is 2. The molecule has 2 aromatic carbocycles. The van der Waals surface area contributed by atoms with E-state index in [0.717, 1.165) is 16.2 Å². The summed E-state index contributed by atoms with van der Waals surface area (Å²) in [4.78, 5) is 1.94. The number of rotatable bonds is 0. The van der Waals surface area contributed by atoms with E-state index in [0.29, 0.717) is 0 Å². The average molecular weight is 232 g/mol. The maximum Gasteiger partial charge on any atom is 0.0855 e. The lowest BCUT2D eigenvalue weighted by atomic mass is 10.0. The molecule has 0 saturated heterocycles. The van der Waals surface area contributed by atoms with Crippen molar-refractivity contribution in [3.8, 4) is 0 Å². The second-order valence-electron chi connectivity index (χ2n) is 3.66. The van der Waals surface area contributed by atoms with Gasteiger partial charge < -0.3 is 5.48 Å². The summed E-state index contributed by atoms with van der Waals surface area (Å²) in [5.74, 6) is 0. The first-order valence-corrected chi connectivity index (χ1v) is 6.09. The Morgan fingerprint density at radius 3 is 1.75 bits per heavy atom. The monoisotopic (exact) mass is 232 g/mol. The van der Waals surface area contributed by atoms with E-state index in [9.17, 15) is 4.21 Å². The van der Waals surface area contributed by atoms with Crippen LogP contribution in [-0.4, -0.2) is 9.69 Å². The minimum atomic E-state index is -0.990. The standard InChI is InChI=1S/C13H10OS.H2O/c14-15-12-7-3-1-5-10(12)9-11-6-2-4-8-13(11)15;/h1-8H,9H2;1H2. The van der Waals surface area contributed by atoms with Crippen molar-refractivity contribution in [2.45, 2.75) is 16.2 Å². The molecule has 0 bridgehead atoms. The molecule has 16 heavy (non-hydrogen) atoms. The van der Waals surface area contributed by atoms with Crippen molar-refractivity contribution in [1.29, 1.82) is 0 Å². The molecule has 0 spiro atoms. The van der Waals surface area contributed by atoms with Crippen LogP contribution < -0.4 is 0 Å². The average Bonchev–Trinajstić information content (AvgIpc) is 2.30. The Kier molecular flexibility index (Phi) is 2.90. The zero-order chi connectivity index (χ0) is 10.3. The highest BCUT2D eigenvalue weighted by Gasteiger charge is 2.20. The fourth-order valence-corrected chi connectivity index (χ4v) is 3.38. The molecule has 0 radical (unpaired) electrons. The van der Waals surface area contributed by atoms with E-state index < -0.39 is 10.8 Å². The van der Waals surface area contributed by atoms with Crippen molar-refractivity contribution in [2.24, 2.45) is 0 Å². The first-order chi connectivity index (χ1) is 7.36. The van der Waals surface area contributed by atoms with Gasteiger partial charge in [0.15, 0.2) is 0 Å². The van der Waals surface area contributed by atoms with Crippen LogP contribution in [0, 0.1) is 0 Å². The summed E-state index contributed by atoms with van der Waals surface area (Å²) < 4.78 is 12.2. The lowest BCUT2D eigenvalue weighted by Crippen LogP contribution is -2.08. The molecule has 1 aliphatic rings. The van der Waals surface area contributed by atoms with E-state index in [-0.39, 0.29) is 5.48 Å². The SMILES string of the molecule is O.O=S1c2ccccc2Cc2ccccc21. The van der Waals surface area contributed by atoms with Gasteiger partial charge in [-0.15, -0.1) is 0 Å². The lowest BCUT2D eigenvalue weighted by molar-refractivity contribution is 0.679. The third kappa shape index (κ3) is 1.58. The largest absolute Gasteiger partial charge is 0.412 e. The van der Waals surface area contributed by atoms with Gasteiger partial charge in [0.25, 0.3) is 0 Å². The van der Waals surface area contributed by atoms with E-state index in [4.69, 9.17) is 0 Å². The van der Waals surface area contributed by atoms with Crippen LogP contribution in [-0.2, 0) is 17.2 Å². The van der Waals surface area contributed by atoms with Crippen molar-refractivity contribution in [2.75, 3.05) is 0 Å². The van der Waals surface area contributed by atoms with Gasteiger partial charge in [-0.05, 0) is 29.7 Å². The van der Waals surface area contributed by atoms with Crippen molar-refractivity contribution in [1.82, 2.24) is 0 Å². The van der Waals surface area contributed by atoms with Crippen LogP contribution in [0.3, 0.4) is 0 Å².